The first kappa shape index (κ1) is 20.0. The molecule has 3 aromatic carbocycles. The van der Waals surface area contributed by atoms with Crippen LogP contribution >= 0.6 is 12.2 Å². The number of aromatic amines is 1. The average Bonchev–Trinajstić information content (AvgIpc) is 3.13. The molecule has 0 atom stereocenters. The van der Waals surface area contributed by atoms with Crippen molar-refractivity contribution in [3.05, 3.63) is 88.5 Å². The van der Waals surface area contributed by atoms with Gasteiger partial charge < -0.3 is 4.90 Å². The zero-order valence-corrected chi connectivity index (χ0v) is 18.1. The van der Waals surface area contributed by atoms with E-state index in [0.717, 1.165) is 24.5 Å². The molecule has 6 heteroatoms. The Kier molecular flexibility index (Phi) is 6.05. The van der Waals surface area contributed by atoms with Crippen molar-refractivity contribution in [1.29, 1.82) is 0 Å². The van der Waals surface area contributed by atoms with Crippen molar-refractivity contribution in [3.8, 4) is 0 Å². The van der Waals surface area contributed by atoms with E-state index in [1.807, 2.05) is 6.21 Å². The van der Waals surface area contributed by atoms with Crippen molar-refractivity contribution in [3.63, 3.8) is 0 Å². The van der Waals surface area contributed by atoms with Crippen molar-refractivity contribution < 1.29 is 0 Å². The molecule has 0 amide bonds. The Bertz CT molecular complexity index is 1210. The van der Waals surface area contributed by atoms with E-state index < -0.39 is 0 Å². The number of benzene rings is 3. The van der Waals surface area contributed by atoms with Crippen LogP contribution in [0.1, 0.15) is 30.8 Å². The highest BCUT2D eigenvalue weighted by atomic mass is 32.1. The summed E-state index contributed by atoms with van der Waals surface area (Å²) in [4.78, 5) is 2.31. The van der Waals surface area contributed by atoms with E-state index in [1.54, 1.807) is 4.68 Å². The average molecular weight is 416 g/mol. The molecule has 152 valence electrons. The Balaban J connectivity index is 1.59. The van der Waals surface area contributed by atoms with Crippen LogP contribution < -0.4 is 4.90 Å². The summed E-state index contributed by atoms with van der Waals surface area (Å²) in [6.07, 6.45) is 2.47. The van der Waals surface area contributed by atoms with E-state index >= 15 is 0 Å². The van der Waals surface area contributed by atoms with Crippen LogP contribution in [0.15, 0.2) is 71.8 Å². The molecular formula is C24H25N5S. The molecule has 0 radical (unpaired) electrons. The molecular weight excluding hydrogens is 390 g/mol. The fraction of sp³-hybridized carbons (Fsp3) is 0.208. The Hall–Kier alpha value is -3.25. The van der Waals surface area contributed by atoms with Crippen LogP contribution in [0.4, 0.5) is 5.69 Å². The molecule has 1 heterocycles. The molecule has 0 unspecified atom stereocenters. The van der Waals surface area contributed by atoms with Crippen molar-refractivity contribution in [2.45, 2.75) is 20.3 Å². The summed E-state index contributed by atoms with van der Waals surface area (Å²) in [6, 6.07) is 23.1. The second-order valence-electron chi connectivity index (χ2n) is 7.08. The molecule has 0 spiro atoms. The lowest BCUT2D eigenvalue weighted by atomic mass is 10.0. The van der Waals surface area contributed by atoms with Crippen LogP contribution in [0, 0.1) is 4.77 Å². The first-order valence-corrected chi connectivity index (χ1v) is 10.6. The van der Waals surface area contributed by atoms with Gasteiger partial charge in [0.15, 0.2) is 5.82 Å². The predicted molar refractivity (Wildman–Crippen MR) is 127 cm³/mol. The van der Waals surface area contributed by atoms with Gasteiger partial charge in [-0.05, 0) is 60.1 Å². The number of hydrogen-bond donors (Lipinski definition) is 1. The molecule has 0 saturated carbocycles. The van der Waals surface area contributed by atoms with Gasteiger partial charge in [-0.15, -0.1) is 0 Å². The number of nitrogens with one attached hydrogen (secondary N) is 1. The van der Waals surface area contributed by atoms with Crippen molar-refractivity contribution in [2.24, 2.45) is 5.10 Å². The lowest BCUT2D eigenvalue weighted by molar-refractivity contribution is 0.793. The van der Waals surface area contributed by atoms with Crippen LogP contribution in [-0.2, 0) is 6.42 Å². The molecule has 0 fully saturated rings. The Morgan fingerprint density at radius 3 is 2.50 bits per heavy atom. The summed E-state index contributed by atoms with van der Waals surface area (Å²) in [7, 11) is 0. The third-order valence-corrected chi connectivity index (χ3v) is 5.55. The van der Waals surface area contributed by atoms with Gasteiger partial charge in [0.2, 0.25) is 4.77 Å². The van der Waals surface area contributed by atoms with Crippen LogP contribution in [-0.4, -0.2) is 34.2 Å². The fourth-order valence-electron chi connectivity index (χ4n) is 3.66. The zero-order valence-electron chi connectivity index (χ0n) is 17.2. The van der Waals surface area contributed by atoms with Crippen LogP contribution in [0.3, 0.4) is 0 Å². The standard InChI is InChI=1S/C24H25N5S/c1-3-28(4-2)21-14-12-18(13-15-21)17-25-29-23(26-27-24(29)30)16-20-10-7-9-19-8-5-6-11-22(19)20/h5-15,17H,3-4,16H2,1-2H3,(H,27,30)/b25-17-. The first-order chi connectivity index (χ1) is 14.7. The Morgan fingerprint density at radius 2 is 1.73 bits per heavy atom. The second kappa shape index (κ2) is 9.05. The minimum absolute atomic E-state index is 0.487. The number of nitrogens with zero attached hydrogens (tertiary/aromatic N) is 4. The molecule has 30 heavy (non-hydrogen) atoms. The van der Waals surface area contributed by atoms with E-state index in [-0.39, 0.29) is 0 Å². The summed E-state index contributed by atoms with van der Waals surface area (Å²) >= 11 is 5.41. The van der Waals surface area contributed by atoms with Crippen molar-refractivity contribution in [1.82, 2.24) is 14.9 Å². The largest absolute Gasteiger partial charge is 0.372 e. The summed E-state index contributed by atoms with van der Waals surface area (Å²) in [6.45, 7) is 6.31. The van der Waals surface area contributed by atoms with E-state index in [4.69, 9.17) is 12.2 Å². The van der Waals surface area contributed by atoms with E-state index in [9.17, 15) is 0 Å². The highest BCUT2D eigenvalue weighted by Crippen LogP contribution is 2.21. The summed E-state index contributed by atoms with van der Waals surface area (Å²) in [5.41, 5.74) is 3.43. The molecule has 4 rings (SSSR count). The Labute approximate surface area is 181 Å². The number of anilines is 1. The van der Waals surface area contributed by atoms with Gasteiger partial charge in [0.05, 0.1) is 6.21 Å². The quantitative estimate of drug-likeness (QED) is 0.324. The SMILES string of the molecule is CCN(CC)c1ccc(/C=N\n2c(Cc3cccc4ccccc34)n[nH]c2=S)cc1. The van der Waals surface area contributed by atoms with Crippen LogP contribution in [0.2, 0.25) is 0 Å². The smallest absolute Gasteiger partial charge is 0.216 e. The molecule has 0 aliphatic rings. The van der Waals surface area contributed by atoms with Crippen LogP contribution in [0.25, 0.3) is 10.8 Å². The van der Waals surface area contributed by atoms with Gasteiger partial charge in [-0.1, -0.05) is 54.6 Å². The number of H-pyrrole nitrogens is 1. The van der Waals surface area contributed by atoms with Crippen molar-refractivity contribution in [2.75, 3.05) is 18.0 Å². The third kappa shape index (κ3) is 4.19. The topological polar surface area (TPSA) is 49.2 Å². The summed E-state index contributed by atoms with van der Waals surface area (Å²) in [5.74, 6) is 0.785. The minimum atomic E-state index is 0.487. The van der Waals surface area contributed by atoms with Gasteiger partial charge in [-0.25, -0.2) is 0 Å². The zero-order chi connectivity index (χ0) is 20.9. The van der Waals surface area contributed by atoms with Crippen LogP contribution in [0.5, 0.6) is 0 Å². The highest BCUT2D eigenvalue weighted by molar-refractivity contribution is 7.71. The lowest BCUT2D eigenvalue weighted by Gasteiger charge is -2.20. The second-order valence-corrected chi connectivity index (χ2v) is 7.47. The summed E-state index contributed by atoms with van der Waals surface area (Å²) < 4.78 is 2.19. The maximum atomic E-state index is 5.41. The highest BCUT2D eigenvalue weighted by Gasteiger charge is 2.09. The van der Waals surface area contributed by atoms with Gasteiger partial charge >= 0.3 is 0 Å². The van der Waals surface area contributed by atoms with Crippen molar-refractivity contribution >= 4 is 34.9 Å². The maximum Gasteiger partial charge on any atom is 0.216 e. The number of hydrogen-bond acceptors (Lipinski definition) is 4. The summed E-state index contributed by atoms with van der Waals surface area (Å²) in [5, 5.41) is 14.3. The molecule has 1 aromatic heterocycles. The monoisotopic (exact) mass is 415 g/mol. The number of rotatable bonds is 7. The number of fused-ring (bicyclic) bond motifs is 1. The van der Waals surface area contributed by atoms with Gasteiger partial charge in [0, 0.05) is 25.2 Å². The van der Waals surface area contributed by atoms with E-state index in [2.05, 4.69) is 101 Å². The van der Waals surface area contributed by atoms with Gasteiger partial charge in [0.25, 0.3) is 0 Å². The Morgan fingerprint density at radius 1 is 1.00 bits per heavy atom. The van der Waals surface area contributed by atoms with E-state index in [0.29, 0.717) is 11.2 Å². The van der Waals surface area contributed by atoms with Gasteiger partial charge in [0.1, 0.15) is 0 Å². The van der Waals surface area contributed by atoms with Gasteiger partial charge in [-0.2, -0.15) is 14.9 Å². The predicted octanol–water partition coefficient (Wildman–Crippen LogP) is 5.41. The molecule has 0 bridgehead atoms. The first-order valence-electron chi connectivity index (χ1n) is 10.2. The minimum Gasteiger partial charge on any atom is -0.372 e. The fourth-order valence-corrected chi connectivity index (χ4v) is 3.86. The number of aromatic nitrogens is 3. The van der Waals surface area contributed by atoms with E-state index in [1.165, 1.54) is 22.0 Å². The normalized spacial score (nSPS) is 11.4. The molecule has 0 aliphatic heterocycles. The van der Waals surface area contributed by atoms with Gasteiger partial charge in [-0.3, -0.25) is 5.10 Å². The molecule has 4 aromatic rings. The maximum absolute atomic E-state index is 5.41. The molecule has 1 N–H and O–H groups in total. The lowest BCUT2D eigenvalue weighted by Crippen LogP contribution is -2.21. The molecule has 0 aliphatic carbocycles. The third-order valence-electron chi connectivity index (χ3n) is 5.29. The molecule has 0 saturated heterocycles. The molecule has 5 nitrogen and oxygen atoms in total.